The molecule has 2 aromatic heterocycles. The number of rotatable bonds is 8. The Kier molecular flexibility index (Phi) is 9.89. The number of aromatic nitrogens is 1. The van der Waals surface area contributed by atoms with Gasteiger partial charge in [-0.05, 0) is 151 Å². The number of furan rings is 1. The second-order valence-electron chi connectivity index (χ2n) is 19.6. The van der Waals surface area contributed by atoms with E-state index in [-0.39, 0.29) is 0 Å². The van der Waals surface area contributed by atoms with Crippen LogP contribution in [0.4, 0.5) is 17.1 Å². The summed E-state index contributed by atoms with van der Waals surface area (Å²) >= 11 is 0. The van der Waals surface area contributed by atoms with Crippen molar-refractivity contribution in [1.82, 2.24) is 4.57 Å². The van der Waals surface area contributed by atoms with Crippen LogP contribution in [0.3, 0.4) is 0 Å². The number of hydrogen-bond donors (Lipinski definition) is 0. The minimum Gasteiger partial charge on any atom is -0.455 e. The molecular formula is C72H46N2O. The lowest BCUT2D eigenvalue weighted by Gasteiger charge is -2.28. The fourth-order valence-electron chi connectivity index (χ4n) is 11.7. The average molecular weight is 955 g/mol. The van der Waals surface area contributed by atoms with Crippen molar-refractivity contribution >= 4 is 93.1 Å². The number of fused-ring (bicyclic) bond motifs is 11. The topological polar surface area (TPSA) is 21.3 Å². The van der Waals surface area contributed by atoms with Gasteiger partial charge in [0.15, 0.2) is 0 Å². The average Bonchev–Trinajstić information content (AvgIpc) is 4.07. The third kappa shape index (κ3) is 7.20. The van der Waals surface area contributed by atoms with E-state index in [4.69, 9.17) is 4.42 Å². The Balaban J connectivity index is 0.822. The molecule has 0 radical (unpaired) electrons. The Morgan fingerprint density at radius 2 is 0.773 bits per heavy atom. The molecule has 0 bridgehead atoms. The van der Waals surface area contributed by atoms with Crippen molar-refractivity contribution in [2.45, 2.75) is 0 Å². The van der Waals surface area contributed by atoms with Crippen molar-refractivity contribution in [2.24, 2.45) is 0 Å². The summed E-state index contributed by atoms with van der Waals surface area (Å²) in [5.74, 6) is 0. The minimum absolute atomic E-state index is 0.872. The first-order chi connectivity index (χ1) is 37.2. The Hall–Kier alpha value is -9.96. The summed E-state index contributed by atoms with van der Waals surface area (Å²) in [7, 11) is 0. The van der Waals surface area contributed by atoms with Gasteiger partial charge in [0.1, 0.15) is 11.2 Å². The van der Waals surface area contributed by atoms with E-state index < -0.39 is 0 Å². The first-order valence-electron chi connectivity index (χ1n) is 25.7. The van der Waals surface area contributed by atoms with Crippen LogP contribution in [0, 0.1) is 0 Å². The van der Waals surface area contributed by atoms with Gasteiger partial charge in [0.2, 0.25) is 0 Å². The van der Waals surface area contributed by atoms with E-state index in [1.165, 1.54) is 65.4 Å². The van der Waals surface area contributed by atoms with Crippen molar-refractivity contribution in [3.05, 3.63) is 279 Å². The summed E-state index contributed by atoms with van der Waals surface area (Å²) in [5.41, 5.74) is 17.7. The zero-order valence-corrected chi connectivity index (χ0v) is 40.9. The summed E-state index contributed by atoms with van der Waals surface area (Å²) in [6, 6.07) is 101. The highest BCUT2D eigenvalue weighted by Crippen LogP contribution is 2.44. The maximum Gasteiger partial charge on any atom is 0.143 e. The molecule has 0 saturated carbocycles. The van der Waals surface area contributed by atoms with Crippen molar-refractivity contribution in [2.75, 3.05) is 4.90 Å². The zero-order valence-electron chi connectivity index (χ0n) is 40.9. The largest absolute Gasteiger partial charge is 0.455 e. The third-order valence-electron chi connectivity index (χ3n) is 15.4. The van der Waals surface area contributed by atoms with Gasteiger partial charge in [-0.1, -0.05) is 194 Å². The van der Waals surface area contributed by atoms with E-state index in [2.05, 4.69) is 289 Å². The standard InChI is InChI=1S/C72H46N2O/c1-3-19-60-49(13-1)27-28-55-44-54(34-40-61(55)60)52-16-11-15-51(43-52)47-29-36-57(37-30-47)73(68-24-8-5-20-62(68)56-35-41-66-67-42-33-50-14-2-4-21-63(50)72(67)75-71(66)46-56)58-38-31-48(32-39-58)53-17-12-18-59(45-53)74-69-25-9-6-22-64(69)65-23-7-10-26-70(65)74/h1-46H. The van der Waals surface area contributed by atoms with Crippen LogP contribution in [0.5, 0.6) is 0 Å². The molecule has 3 nitrogen and oxygen atoms in total. The van der Waals surface area contributed by atoms with E-state index in [0.29, 0.717) is 0 Å². The molecular weight excluding hydrogens is 909 g/mol. The van der Waals surface area contributed by atoms with Gasteiger partial charge in [-0.3, -0.25) is 0 Å². The fraction of sp³-hybridized carbons (Fsp3) is 0. The molecule has 15 aromatic rings. The zero-order chi connectivity index (χ0) is 49.4. The number of nitrogens with zero attached hydrogens (tertiary/aromatic N) is 2. The first kappa shape index (κ1) is 42.7. The molecule has 0 aliphatic heterocycles. The second kappa shape index (κ2) is 17.4. The van der Waals surface area contributed by atoms with Gasteiger partial charge in [-0.2, -0.15) is 0 Å². The van der Waals surface area contributed by atoms with Crippen LogP contribution in [0.2, 0.25) is 0 Å². The van der Waals surface area contributed by atoms with Gasteiger partial charge in [-0.15, -0.1) is 0 Å². The first-order valence-corrected chi connectivity index (χ1v) is 25.7. The van der Waals surface area contributed by atoms with Crippen molar-refractivity contribution in [3.8, 4) is 50.2 Å². The molecule has 2 heterocycles. The highest BCUT2D eigenvalue weighted by molar-refractivity contribution is 6.16. The SMILES string of the molecule is c1cc(-c2ccc(N(c3ccc(-c4cccc(-n5c6ccccc6c6ccccc65)c4)cc3)c3ccccc3-c3ccc4c(c3)oc3c5ccccc5ccc43)cc2)cc(-c2ccc3c(ccc4ccccc43)c2)c1. The number of para-hydroxylation sites is 3. The third-order valence-corrected chi connectivity index (χ3v) is 15.4. The summed E-state index contributed by atoms with van der Waals surface area (Å²) < 4.78 is 9.12. The number of anilines is 3. The lowest BCUT2D eigenvalue weighted by molar-refractivity contribution is 0.673. The second-order valence-corrected chi connectivity index (χ2v) is 19.6. The van der Waals surface area contributed by atoms with E-state index >= 15 is 0 Å². The maximum atomic E-state index is 6.74. The van der Waals surface area contributed by atoms with Crippen LogP contribution in [0.25, 0.3) is 126 Å². The monoisotopic (exact) mass is 954 g/mol. The van der Waals surface area contributed by atoms with Gasteiger partial charge in [-0.25, -0.2) is 0 Å². The smallest absolute Gasteiger partial charge is 0.143 e. The molecule has 0 N–H and O–H groups in total. The molecule has 75 heavy (non-hydrogen) atoms. The normalized spacial score (nSPS) is 11.7. The van der Waals surface area contributed by atoms with Crippen molar-refractivity contribution in [3.63, 3.8) is 0 Å². The molecule has 3 heteroatoms. The van der Waals surface area contributed by atoms with Crippen LogP contribution in [-0.4, -0.2) is 4.57 Å². The Morgan fingerprint density at radius 1 is 0.280 bits per heavy atom. The molecule has 15 rings (SSSR count). The summed E-state index contributed by atoms with van der Waals surface area (Å²) in [6.07, 6.45) is 0. The van der Waals surface area contributed by atoms with E-state index in [9.17, 15) is 0 Å². The maximum absolute atomic E-state index is 6.74. The van der Waals surface area contributed by atoms with Gasteiger partial charge >= 0.3 is 0 Å². The molecule has 13 aromatic carbocycles. The minimum atomic E-state index is 0.872. The lowest BCUT2D eigenvalue weighted by atomic mass is 9.95. The van der Waals surface area contributed by atoms with Crippen LogP contribution in [0.1, 0.15) is 0 Å². The molecule has 0 aliphatic carbocycles. The quantitative estimate of drug-likeness (QED) is 0.142. The molecule has 0 saturated heterocycles. The lowest BCUT2D eigenvalue weighted by Crippen LogP contribution is -2.11. The Labute approximate surface area is 434 Å². The van der Waals surface area contributed by atoms with E-state index in [0.717, 1.165) is 77.9 Å². The van der Waals surface area contributed by atoms with E-state index in [1.807, 2.05) is 0 Å². The Morgan fingerprint density at radius 3 is 1.51 bits per heavy atom. The molecule has 350 valence electrons. The summed E-state index contributed by atoms with van der Waals surface area (Å²) in [5, 5.41) is 12.1. The molecule has 0 unspecified atom stereocenters. The molecule has 0 spiro atoms. The molecule has 0 atom stereocenters. The predicted molar refractivity (Wildman–Crippen MR) is 317 cm³/mol. The van der Waals surface area contributed by atoms with Crippen molar-refractivity contribution in [1.29, 1.82) is 0 Å². The molecule has 0 amide bonds. The van der Waals surface area contributed by atoms with Crippen LogP contribution >= 0.6 is 0 Å². The van der Waals surface area contributed by atoms with Gasteiger partial charge < -0.3 is 13.9 Å². The summed E-state index contributed by atoms with van der Waals surface area (Å²) in [6.45, 7) is 0. The molecule has 0 fully saturated rings. The highest BCUT2D eigenvalue weighted by Gasteiger charge is 2.20. The number of hydrogen-bond acceptors (Lipinski definition) is 2. The predicted octanol–water partition coefficient (Wildman–Crippen LogP) is 20.3. The van der Waals surface area contributed by atoms with Gasteiger partial charge in [0.05, 0.1) is 16.7 Å². The summed E-state index contributed by atoms with van der Waals surface area (Å²) in [4.78, 5) is 2.39. The van der Waals surface area contributed by atoms with Gasteiger partial charge in [0.25, 0.3) is 0 Å². The highest BCUT2D eigenvalue weighted by atomic mass is 16.3. The number of benzene rings is 13. The molecule has 0 aliphatic rings. The van der Waals surface area contributed by atoms with Crippen LogP contribution in [-0.2, 0) is 0 Å². The Bertz CT molecular complexity index is 4660. The fourth-order valence-corrected chi connectivity index (χ4v) is 11.7. The van der Waals surface area contributed by atoms with Crippen LogP contribution in [0.15, 0.2) is 283 Å². The van der Waals surface area contributed by atoms with Gasteiger partial charge in [0, 0.05) is 49.6 Å². The van der Waals surface area contributed by atoms with Crippen molar-refractivity contribution < 1.29 is 4.42 Å². The van der Waals surface area contributed by atoms with E-state index in [1.54, 1.807) is 0 Å². The van der Waals surface area contributed by atoms with Crippen LogP contribution < -0.4 is 4.90 Å².